The van der Waals surface area contributed by atoms with Gasteiger partial charge in [-0.1, -0.05) is 0 Å². The van der Waals surface area contributed by atoms with Crippen molar-refractivity contribution in [3.8, 4) is 0 Å². The highest BCUT2D eigenvalue weighted by Gasteiger charge is 2.47. The molecule has 0 aromatic carbocycles. The number of rotatable bonds is 4. The molecule has 0 bridgehead atoms. The molecule has 1 unspecified atom stereocenters. The Hall–Kier alpha value is -0.120. The van der Waals surface area contributed by atoms with Gasteiger partial charge in [-0.05, 0) is 53.9 Å². The summed E-state index contributed by atoms with van der Waals surface area (Å²) in [5.41, 5.74) is -0.0512. The summed E-state index contributed by atoms with van der Waals surface area (Å²) in [7, 11) is 0. The van der Waals surface area contributed by atoms with Gasteiger partial charge in [0.25, 0.3) is 0 Å². The van der Waals surface area contributed by atoms with E-state index in [0.29, 0.717) is 18.2 Å². The third-order valence-corrected chi connectivity index (χ3v) is 4.01. The normalized spacial score (nSPS) is 39.0. The molecule has 3 nitrogen and oxygen atoms in total. The lowest BCUT2D eigenvalue weighted by Crippen LogP contribution is -2.54. The van der Waals surface area contributed by atoms with Crippen LogP contribution in [0.5, 0.6) is 0 Å². The van der Waals surface area contributed by atoms with E-state index in [0.717, 1.165) is 25.9 Å². The van der Waals surface area contributed by atoms with Gasteiger partial charge in [0.15, 0.2) is 0 Å². The summed E-state index contributed by atoms with van der Waals surface area (Å²) in [6.07, 6.45) is 3.88. The van der Waals surface area contributed by atoms with Crippen LogP contribution in [0.2, 0.25) is 0 Å². The summed E-state index contributed by atoms with van der Waals surface area (Å²) in [6.45, 7) is 11.6. The third-order valence-electron chi connectivity index (χ3n) is 4.01. The molecule has 0 radical (unpaired) electrons. The molecule has 100 valence electrons. The molecule has 0 aromatic heterocycles. The Morgan fingerprint density at radius 1 is 1.24 bits per heavy atom. The molecule has 1 saturated carbocycles. The molecule has 17 heavy (non-hydrogen) atoms. The van der Waals surface area contributed by atoms with Gasteiger partial charge in [-0.3, -0.25) is 0 Å². The first-order valence-corrected chi connectivity index (χ1v) is 6.90. The van der Waals surface area contributed by atoms with Gasteiger partial charge in [0.2, 0.25) is 0 Å². The molecule has 2 rings (SSSR count). The van der Waals surface area contributed by atoms with Crippen LogP contribution in [-0.4, -0.2) is 36.0 Å². The molecule has 3 heteroatoms. The number of hydrogen-bond acceptors (Lipinski definition) is 3. The monoisotopic (exact) mass is 241 g/mol. The van der Waals surface area contributed by atoms with E-state index in [4.69, 9.17) is 9.47 Å². The molecule has 1 saturated heterocycles. The van der Waals surface area contributed by atoms with Crippen LogP contribution in [0.3, 0.4) is 0 Å². The van der Waals surface area contributed by atoms with Crippen LogP contribution in [0.15, 0.2) is 0 Å². The summed E-state index contributed by atoms with van der Waals surface area (Å²) in [6, 6.07) is 1.08. The van der Waals surface area contributed by atoms with E-state index in [1.807, 2.05) is 0 Å². The van der Waals surface area contributed by atoms with Gasteiger partial charge >= 0.3 is 0 Å². The average molecular weight is 241 g/mol. The minimum atomic E-state index is -0.0554. The predicted molar refractivity (Wildman–Crippen MR) is 69.2 cm³/mol. The Morgan fingerprint density at radius 2 is 1.88 bits per heavy atom. The van der Waals surface area contributed by atoms with Crippen molar-refractivity contribution in [2.45, 2.75) is 83.3 Å². The number of hydrogen-bond donors (Lipinski definition) is 1. The van der Waals surface area contributed by atoms with Crippen molar-refractivity contribution < 1.29 is 9.47 Å². The van der Waals surface area contributed by atoms with Gasteiger partial charge in [0, 0.05) is 18.7 Å². The van der Waals surface area contributed by atoms with Crippen LogP contribution in [0.25, 0.3) is 0 Å². The molecular weight excluding hydrogens is 214 g/mol. The van der Waals surface area contributed by atoms with Gasteiger partial charge in [-0.15, -0.1) is 0 Å². The zero-order valence-corrected chi connectivity index (χ0v) is 11.9. The molecule has 1 atom stereocenters. The Labute approximate surface area is 105 Å². The van der Waals surface area contributed by atoms with Gasteiger partial charge < -0.3 is 14.8 Å². The molecule has 1 heterocycles. The van der Waals surface area contributed by atoms with E-state index in [-0.39, 0.29) is 11.2 Å². The van der Waals surface area contributed by atoms with Crippen LogP contribution in [0.4, 0.5) is 0 Å². The van der Waals surface area contributed by atoms with Crippen LogP contribution < -0.4 is 5.32 Å². The van der Waals surface area contributed by atoms with Gasteiger partial charge in [0.05, 0.1) is 17.3 Å². The van der Waals surface area contributed by atoms with Crippen LogP contribution in [-0.2, 0) is 9.47 Å². The van der Waals surface area contributed by atoms with Crippen molar-refractivity contribution in [1.82, 2.24) is 5.32 Å². The second kappa shape index (κ2) is 4.52. The van der Waals surface area contributed by atoms with E-state index in [2.05, 4.69) is 39.9 Å². The SMILES string of the molecule is CCOC1CC(NC2CC(C)(C)OC2(C)C)C1. The second-order valence-corrected chi connectivity index (χ2v) is 6.63. The molecule has 1 aliphatic heterocycles. The third kappa shape index (κ3) is 3.01. The van der Waals surface area contributed by atoms with Gasteiger partial charge in [-0.25, -0.2) is 0 Å². The molecule has 1 aliphatic carbocycles. The largest absolute Gasteiger partial charge is 0.378 e. The zero-order valence-electron chi connectivity index (χ0n) is 11.9. The second-order valence-electron chi connectivity index (χ2n) is 6.63. The lowest BCUT2D eigenvalue weighted by atomic mass is 9.86. The fourth-order valence-electron chi connectivity index (χ4n) is 3.18. The maximum Gasteiger partial charge on any atom is 0.0787 e. The van der Waals surface area contributed by atoms with E-state index >= 15 is 0 Å². The first-order valence-electron chi connectivity index (χ1n) is 6.90. The van der Waals surface area contributed by atoms with E-state index in [1.165, 1.54) is 0 Å². The average Bonchev–Trinajstić information content (AvgIpc) is 2.30. The van der Waals surface area contributed by atoms with Gasteiger partial charge in [0.1, 0.15) is 0 Å². The van der Waals surface area contributed by atoms with E-state index in [9.17, 15) is 0 Å². The minimum Gasteiger partial charge on any atom is -0.378 e. The summed E-state index contributed by atoms with van der Waals surface area (Å²) in [5.74, 6) is 0. The van der Waals surface area contributed by atoms with Gasteiger partial charge in [-0.2, -0.15) is 0 Å². The molecule has 1 N–H and O–H groups in total. The van der Waals surface area contributed by atoms with Crippen molar-refractivity contribution in [2.24, 2.45) is 0 Å². The predicted octanol–water partition coefficient (Wildman–Crippen LogP) is 2.49. The summed E-state index contributed by atoms with van der Waals surface area (Å²) in [4.78, 5) is 0. The quantitative estimate of drug-likeness (QED) is 0.820. The molecule has 0 spiro atoms. The summed E-state index contributed by atoms with van der Waals surface area (Å²) < 4.78 is 11.7. The van der Waals surface area contributed by atoms with Crippen LogP contribution in [0.1, 0.15) is 53.9 Å². The Morgan fingerprint density at radius 3 is 2.35 bits per heavy atom. The van der Waals surface area contributed by atoms with Crippen molar-refractivity contribution in [1.29, 1.82) is 0 Å². The standard InChI is InChI=1S/C14H27NO2/c1-6-16-11-7-10(8-11)15-12-9-13(2,3)17-14(12,4)5/h10-12,15H,6-9H2,1-5H3. The van der Waals surface area contributed by atoms with E-state index in [1.54, 1.807) is 0 Å². The minimum absolute atomic E-state index is 0.00420. The van der Waals surface area contributed by atoms with Crippen LogP contribution in [0, 0.1) is 0 Å². The summed E-state index contributed by atoms with van der Waals surface area (Å²) in [5, 5.41) is 3.74. The van der Waals surface area contributed by atoms with Crippen LogP contribution >= 0.6 is 0 Å². The van der Waals surface area contributed by atoms with Crippen molar-refractivity contribution in [3.05, 3.63) is 0 Å². The molecule has 2 fully saturated rings. The van der Waals surface area contributed by atoms with Crippen molar-refractivity contribution in [3.63, 3.8) is 0 Å². The summed E-state index contributed by atoms with van der Waals surface area (Å²) >= 11 is 0. The molecular formula is C14H27NO2. The van der Waals surface area contributed by atoms with Crippen molar-refractivity contribution in [2.75, 3.05) is 6.61 Å². The molecule has 2 aliphatic rings. The highest BCUT2D eigenvalue weighted by Crippen LogP contribution is 2.38. The fourth-order valence-corrected chi connectivity index (χ4v) is 3.18. The Kier molecular flexibility index (Phi) is 3.54. The first-order chi connectivity index (χ1) is 7.82. The van der Waals surface area contributed by atoms with E-state index < -0.39 is 0 Å². The Bertz CT molecular complexity index is 269. The number of nitrogens with one attached hydrogen (secondary N) is 1. The van der Waals surface area contributed by atoms with Crippen molar-refractivity contribution >= 4 is 0 Å². The fraction of sp³-hybridized carbons (Fsp3) is 1.00. The molecule has 0 amide bonds. The lowest BCUT2D eigenvalue weighted by Gasteiger charge is -2.39. The lowest BCUT2D eigenvalue weighted by molar-refractivity contribution is -0.0739. The maximum atomic E-state index is 6.10. The highest BCUT2D eigenvalue weighted by molar-refractivity contribution is 5.01. The molecule has 0 aromatic rings. The number of ether oxygens (including phenoxy) is 2. The smallest absolute Gasteiger partial charge is 0.0787 e. The maximum absolute atomic E-state index is 6.10. The zero-order chi connectivity index (χ0) is 12.7. The Balaban J connectivity index is 1.81. The topological polar surface area (TPSA) is 30.5 Å². The highest BCUT2D eigenvalue weighted by atomic mass is 16.5. The first kappa shape index (κ1) is 13.3.